The lowest BCUT2D eigenvalue weighted by Crippen LogP contribution is -2.48. The van der Waals surface area contributed by atoms with Crippen LogP contribution in [0.25, 0.3) is 10.8 Å². The van der Waals surface area contributed by atoms with E-state index in [1.807, 2.05) is 31.2 Å². The van der Waals surface area contributed by atoms with Gasteiger partial charge in [-0.1, -0.05) is 49.4 Å². The van der Waals surface area contributed by atoms with Crippen LogP contribution in [-0.2, 0) is 20.0 Å². The van der Waals surface area contributed by atoms with Crippen LogP contribution in [-0.4, -0.2) is 64.7 Å². The molecule has 11 heteroatoms. The Kier molecular flexibility index (Phi) is 7.90. The first-order valence-electron chi connectivity index (χ1n) is 12.9. The molecule has 0 unspecified atom stereocenters. The second kappa shape index (κ2) is 11.4. The quantitative estimate of drug-likeness (QED) is 0.324. The van der Waals surface area contributed by atoms with Crippen LogP contribution in [0.3, 0.4) is 0 Å². The van der Waals surface area contributed by atoms with Gasteiger partial charge in [0.25, 0.3) is 15.9 Å². The normalized spacial score (nSPS) is 15.1. The lowest BCUT2D eigenvalue weighted by atomic mass is 10.1. The molecule has 1 saturated heterocycles. The first-order valence-corrected chi connectivity index (χ1v) is 15.8. The standard InChI is InChI=1S/C29H30N4O5S2/c1-2-32-15-17-33(18-16-32)40(37,38)28-12-6-10-25(21-28)30-29(34)24-9-5-11-26(19-24)31-39(35,36)27-14-13-22-7-3-4-8-23(22)20-27/h3-14,19-21,31H,2,15-18H2,1H3,(H,30,34). The van der Waals surface area contributed by atoms with Crippen LogP contribution in [0.4, 0.5) is 11.4 Å². The third-order valence-electron chi connectivity index (χ3n) is 6.92. The summed E-state index contributed by atoms with van der Waals surface area (Å²) in [7, 11) is -7.61. The second-order valence-electron chi connectivity index (χ2n) is 9.52. The number of benzene rings is 4. The van der Waals surface area contributed by atoms with Gasteiger partial charge in [-0.3, -0.25) is 9.52 Å². The Bertz CT molecular complexity index is 1770. The molecule has 208 valence electrons. The lowest BCUT2D eigenvalue weighted by molar-refractivity contribution is 0.102. The molecule has 1 aliphatic heterocycles. The van der Waals surface area contributed by atoms with E-state index in [0.717, 1.165) is 17.3 Å². The highest BCUT2D eigenvalue weighted by atomic mass is 32.2. The van der Waals surface area contributed by atoms with Crippen molar-refractivity contribution in [2.45, 2.75) is 16.7 Å². The van der Waals surface area contributed by atoms with E-state index in [2.05, 4.69) is 14.9 Å². The number of rotatable bonds is 8. The zero-order chi connectivity index (χ0) is 28.3. The minimum atomic E-state index is -3.90. The maximum absolute atomic E-state index is 13.2. The number of sulfonamides is 2. The first-order chi connectivity index (χ1) is 19.2. The molecule has 1 heterocycles. The number of nitrogens with zero attached hydrogens (tertiary/aromatic N) is 2. The van der Waals surface area contributed by atoms with E-state index in [4.69, 9.17) is 0 Å². The van der Waals surface area contributed by atoms with Crippen molar-refractivity contribution < 1.29 is 21.6 Å². The summed E-state index contributed by atoms with van der Waals surface area (Å²) >= 11 is 0. The first kappa shape index (κ1) is 27.8. The van der Waals surface area contributed by atoms with E-state index in [1.54, 1.807) is 42.5 Å². The smallest absolute Gasteiger partial charge is 0.261 e. The van der Waals surface area contributed by atoms with Crippen LogP contribution in [0.1, 0.15) is 17.3 Å². The van der Waals surface area contributed by atoms with Crippen LogP contribution in [0.2, 0.25) is 0 Å². The summed E-state index contributed by atoms with van der Waals surface area (Å²) in [6.45, 7) is 5.09. The summed E-state index contributed by atoms with van der Waals surface area (Å²) in [5.41, 5.74) is 0.756. The van der Waals surface area contributed by atoms with E-state index in [0.29, 0.717) is 31.9 Å². The summed E-state index contributed by atoms with van der Waals surface area (Å²) in [4.78, 5) is 15.4. The molecule has 0 aliphatic carbocycles. The van der Waals surface area contributed by atoms with Crippen LogP contribution in [0, 0.1) is 0 Å². The number of anilines is 2. The summed E-state index contributed by atoms with van der Waals surface area (Å²) < 4.78 is 56.5. The van der Waals surface area contributed by atoms with Gasteiger partial charge in [-0.15, -0.1) is 0 Å². The van der Waals surface area contributed by atoms with E-state index in [9.17, 15) is 21.6 Å². The Hall–Kier alpha value is -3.77. The molecule has 2 N–H and O–H groups in total. The molecule has 1 fully saturated rings. The van der Waals surface area contributed by atoms with Gasteiger partial charge in [0.2, 0.25) is 10.0 Å². The highest BCUT2D eigenvalue weighted by Crippen LogP contribution is 2.24. The third-order valence-corrected chi connectivity index (χ3v) is 10.2. The van der Waals surface area contributed by atoms with Gasteiger partial charge in [-0.05, 0) is 65.8 Å². The van der Waals surface area contributed by atoms with Gasteiger partial charge < -0.3 is 10.2 Å². The zero-order valence-electron chi connectivity index (χ0n) is 21.9. The van der Waals surface area contributed by atoms with Crippen molar-refractivity contribution in [2.75, 3.05) is 42.8 Å². The highest BCUT2D eigenvalue weighted by molar-refractivity contribution is 7.92. The molecule has 0 atom stereocenters. The van der Waals surface area contributed by atoms with Crippen molar-refractivity contribution in [3.63, 3.8) is 0 Å². The van der Waals surface area contributed by atoms with Crippen molar-refractivity contribution in [1.82, 2.24) is 9.21 Å². The molecule has 0 aromatic heterocycles. The van der Waals surface area contributed by atoms with Crippen LogP contribution >= 0.6 is 0 Å². The SMILES string of the molecule is CCN1CCN(S(=O)(=O)c2cccc(NC(=O)c3cccc(NS(=O)(=O)c4ccc5ccccc5c4)c3)c2)CC1. The molecule has 0 radical (unpaired) electrons. The molecule has 5 rings (SSSR count). The Morgan fingerprint density at radius 2 is 1.43 bits per heavy atom. The number of amides is 1. The molecule has 1 amide bonds. The molecule has 9 nitrogen and oxygen atoms in total. The summed E-state index contributed by atoms with van der Waals surface area (Å²) in [6.07, 6.45) is 0. The Labute approximate surface area is 234 Å². The van der Waals surface area contributed by atoms with Gasteiger partial charge in [-0.25, -0.2) is 16.8 Å². The number of piperazine rings is 1. The fraction of sp³-hybridized carbons (Fsp3) is 0.207. The van der Waals surface area contributed by atoms with Gasteiger partial charge >= 0.3 is 0 Å². The third kappa shape index (κ3) is 6.02. The van der Waals surface area contributed by atoms with Crippen LogP contribution in [0.15, 0.2) is 101 Å². The predicted molar refractivity (Wildman–Crippen MR) is 156 cm³/mol. The number of hydrogen-bond acceptors (Lipinski definition) is 6. The number of hydrogen-bond donors (Lipinski definition) is 2. The Morgan fingerprint density at radius 1 is 0.725 bits per heavy atom. The highest BCUT2D eigenvalue weighted by Gasteiger charge is 2.28. The van der Waals surface area contributed by atoms with Crippen molar-refractivity contribution in [1.29, 1.82) is 0 Å². The maximum Gasteiger partial charge on any atom is 0.261 e. The van der Waals surface area contributed by atoms with E-state index >= 15 is 0 Å². The number of carbonyl (C=O) groups excluding carboxylic acids is 1. The molecular formula is C29H30N4O5S2. The van der Waals surface area contributed by atoms with Crippen molar-refractivity contribution in [3.8, 4) is 0 Å². The molecule has 0 spiro atoms. The van der Waals surface area contributed by atoms with Crippen molar-refractivity contribution in [2.24, 2.45) is 0 Å². The van der Waals surface area contributed by atoms with Gasteiger partial charge in [0, 0.05) is 43.1 Å². The summed E-state index contributed by atoms with van der Waals surface area (Å²) in [5.74, 6) is -0.502. The maximum atomic E-state index is 13.2. The van der Waals surface area contributed by atoms with Gasteiger partial charge in [-0.2, -0.15) is 4.31 Å². The predicted octanol–water partition coefficient (Wildman–Crippen LogP) is 4.22. The molecule has 4 aromatic carbocycles. The van der Waals surface area contributed by atoms with Crippen molar-refractivity contribution in [3.05, 3.63) is 96.6 Å². The molecule has 0 saturated carbocycles. The summed E-state index contributed by atoms with van der Waals surface area (Å²) in [6, 6.07) is 24.6. The van der Waals surface area contributed by atoms with E-state index < -0.39 is 26.0 Å². The molecular weight excluding hydrogens is 548 g/mol. The largest absolute Gasteiger partial charge is 0.322 e. The minimum absolute atomic E-state index is 0.104. The molecule has 1 aliphatic rings. The summed E-state index contributed by atoms with van der Waals surface area (Å²) in [5, 5.41) is 4.45. The monoisotopic (exact) mass is 578 g/mol. The Morgan fingerprint density at radius 3 is 2.17 bits per heavy atom. The van der Waals surface area contributed by atoms with Crippen LogP contribution in [0.5, 0.6) is 0 Å². The van der Waals surface area contributed by atoms with Crippen LogP contribution < -0.4 is 10.0 Å². The van der Waals surface area contributed by atoms with Crippen molar-refractivity contribution >= 4 is 48.1 Å². The molecule has 0 bridgehead atoms. The topological polar surface area (TPSA) is 116 Å². The van der Waals surface area contributed by atoms with E-state index in [-0.39, 0.29) is 21.0 Å². The zero-order valence-corrected chi connectivity index (χ0v) is 23.6. The van der Waals surface area contributed by atoms with Gasteiger partial charge in [0.1, 0.15) is 0 Å². The fourth-order valence-corrected chi connectivity index (χ4v) is 7.20. The minimum Gasteiger partial charge on any atom is -0.322 e. The van der Waals surface area contributed by atoms with Gasteiger partial charge in [0.15, 0.2) is 0 Å². The second-order valence-corrected chi connectivity index (χ2v) is 13.1. The number of carbonyl (C=O) groups is 1. The average molecular weight is 579 g/mol. The average Bonchev–Trinajstić information content (AvgIpc) is 2.97. The van der Waals surface area contributed by atoms with Gasteiger partial charge in [0.05, 0.1) is 9.79 Å². The lowest BCUT2D eigenvalue weighted by Gasteiger charge is -2.33. The fourth-order valence-electron chi connectivity index (χ4n) is 4.65. The number of nitrogens with one attached hydrogen (secondary N) is 2. The molecule has 40 heavy (non-hydrogen) atoms. The van der Waals surface area contributed by atoms with E-state index in [1.165, 1.54) is 28.6 Å². The number of fused-ring (bicyclic) bond motifs is 1. The molecule has 4 aromatic rings. The Balaban J connectivity index is 1.30. The number of likely N-dealkylation sites (N-methyl/N-ethyl adjacent to an activating group) is 1.